The first-order valence-corrected chi connectivity index (χ1v) is 12.0. The van der Waals surface area contributed by atoms with E-state index in [4.69, 9.17) is 22.1 Å². The van der Waals surface area contributed by atoms with Crippen molar-refractivity contribution >= 4 is 43.9 Å². The lowest BCUT2D eigenvalue weighted by Gasteiger charge is -2.15. The van der Waals surface area contributed by atoms with Gasteiger partial charge in [-0.3, -0.25) is 9.20 Å². The van der Waals surface area contributed by atoms with E-state index in [9.17, 15) is 13.2 Å². The van der Waals surface area contributed by atoms with Crippen LogP contribution in [0.25, 0.3) is 16.7 Å². The van der Waals surface area contributed by atoms with Crippen LogP contribution in [0, 0.1) is 0 Å². The Kier molecular flexibility index (Phi) is 5.11. The summed E-state index contributed by atoms with van der Waals surface area (Å²) in [6.45, 7) is 0.923. The van der Waals surface area contributed by atoms with Gasteiger partial charge in [0.1, 0.15) is 10.3 Å². The highest BCUT2D eigenvalue weighted by Crippen LogP contribution is 2.27. The van der Waals surface area contributed by atoms with Gasteiger partial charge >= 0.3 is 0 Å². The lowest BCUT2D eigenvalue weighted by molar-refractivity contribution is -0.667. The van der Waals surface area contributed by atoms with E-state index in [1.807, 2.05) is 0 Å². The Labute approximate surface area is 188 Å². The highest BCUT2D eigenvalue weighted by molar-refractivity contribution is 7.91. The van der Waals surface area contributed by atoms with E-state index in [0.717, 1.165) is 12.8 Å². The van der Waals surface area contributed by atoms with E-state index < -0.39 is 9.84 Å². The molecular formula is C22H20ClN4O4S+. The molecule has 32 heavy (non-hydrogen) atoms. The molecule has 1 atom stereocenters. The molecule has 0 amide bonds. The van der Waals surface area contributed by atoms with Gasteiger partial charge in [0.2, 0.25) is 21.3 Å². The van der Waals surface area contributed by atoms with Crippen LogP contribution in [0.2, 0.25) is 5.02 Å². The van der Waals surface area contributed by atoms with Gasteiger partial charge in [-0.1, -0.05) is 22.7 Å². The normalized spacial score (nSPS) is 16.7. The minimum Gasteiger partial charge on any atom is -0.375 e. The fourth-order valence-corrected chi connectivity index (χ4v) is 5.54. The maximum Gasteiger partial charge on any atom is 0.278 e. The molecule has 4 aromatic rings. The second-order valence-electron chi connectivity index (χ2n) is 7.68. The van der Waals surface area contributed by atoms with Crippen molar-refractivity contribution < 1.29 is 17.7 Å². The van der Waals surface area contributed by atoms with Crippen LogP contribution < -0.4 is 15.9 Å². The molecule has 1 fully saturated rings. The molecular weight excluding hydrogens is 452 g/mol. The molecule has 0 aliphatic carbocycles. The van der Waals surface area contributed by atoms with Crippen molar-refractivity contribution in [3.05, 3.63) is 70.1 Å². The van der Waals surface area contributed by atoms with E-state index >= 15 is 0 Å². The third-order valence-electron chi connectivity index (χ3n) is 5.65. The van der Waals surface area contributed by atoms with E-state index in [0.29, 0.717) is 29.5 Å². The second-order valence-corrected chi connectivity index (χ2v) is 10.0. The summed E-state index contributed by atoms with van der Waals surface area (Å²) in [6.07, 6.45) is 3.17. The summed E-state index contributed by atoms with van der Waals surface area (Å²) in [4.78, 5) is 17.8. The number of pyridine rings is 2. The van der Waals surface area contributed by atoms with E-state index in [1.165, 1.54) is 34.7 Å². The van der Waals surface area contributed by atoms with E-state index in [-0.39, 0.29) is 32.7 Å². The van der Waals surface area contributed by atoms with E-state index in [2.05, 4.69) is 4.98 Å². The molecule has 8 nitrogen and oxygen atoms in total. The SMILES string of the molecule is Nc1c(S(=O)(=O)c2ccc(Cl)cc2)cc2c(=O)n3ccccc3nc2[n+]1C[C@H]1CCCO1. The van der Waals surface area contributed by atoms with Crippen molar-refractivity contribution in [1.29, 1.82) is 0 Å². The number of hydrogen-bond acceptors (Lipinski definition) is 6. The fraction of sp³-hybridized carbons (Fsp3) is 0.227. The number of nitrogens with two attached hydrogens (primary N) is 1. The van der Waals surface area contributed by atoms with Gasteiger partial charge in [-0.2, -0.15) is 0 Å². The van der Waals surface area contributed by atoms with Crippen LogP contribution in [0.15, 0.2) is 69.3 Å². The minimum atomic E-state index is -4.03. The Morgan fingerprint density at radius 3 is 2.72 bits per heavy atom. The number of nitrogens with zero attached hydrogens (tertiary/aromatic N) is 3. The van der Waals surface area contributed by atoms with Crippen molar-refractivity contribution in [3.63, 3.8) is 0 Å². The molecule has 0 unspecified atom stereocenters. The van der Waals surface area contributed by atoms with Gasteiger partial charge in [0.25, 0.3) is 11.2 Å². The van der Waals surface area contributed by atoms with Crippen LogP contribution in [-0.4, -0.2) is 30.5 Å². The minimum absolute atomic E-state index is 0.00938. The van der Waals surface area contributed by atoms with Gasteiger partial charge in [0.15, 0.2) is 0 Å². The average Bonchev–Trinajstić information content (AvgIpc) is 3.29. The molecule has 1 aliphatic heterocycles. The number of rotatable bonds is 4. The smallest absolute Gasteiger partial charge is 0.278 e. The van der Waals surface area contributed by atoms with Gasteiger partial charge in [-0.15, -0.1) is 0 Å². The maximum atomic E-state index is 13.5. The summed E-state index contributed by atoms with van der Waals surface area (Å²) in [5, 5.41) is 0.575. The van der Waals surface area contributed by atoms with Gasteiger partial charge in [-0.25, -0.2) is 13.0 Å². The predicted molar refractivity (Wildman–Crippen MR) is 119 cm³/mol. The monoisotopic (exact) mass is 471 g/mol. The lowest BCUT2D eigenvalue weighted by Crippen LogP contribution is -2.45. The van der Waals surface area contributed by atoms with Crippen LogP contribution >= 0.6 is 11.6 Å². The first-order valence-electron chi connectivity index (χ1n) is 10.1. The highest BCUT2D eigenvalue weighted by atomic mass is 35.5. The van der Waals surface area contributed by atoms with Crippen molar-refractivity contribution in [1.82, 2.24) is 9.38 Å². The number of benzene rings is 1. The van der Waals surface area contributed by atoms with Gasteiger partial charge in [-0.05, 0) is 55.3 Å². The highest BCUT2D eigenvalue weighted by Gasteiger charge is 2.31. The van der Waals surface area contributed by atoms with Crippen LogP contribution in [0.4, 0.5) is 5.82 Å². The standard InChI is InChI=1S/C22H19ClN4O4S/c23-14-6-8-16(9-7-14)32(29,30)18-12-17-21(25-19-5-1-2-10-26(19)22(17)28)27(20(18)24)13-15-4-3-11-31-15/h1-2,5-10,12,15,24H,3-4,11,13H2/p+1/t15-/m1/s1. The molecule has 1 aliphatic rings. The molecule has 1 saturated heterocycles. The molecule has 5 rings (SSSR count). The lowest BCUT2D eigenvalue weighted by atomic mass is 10.2. The first kappa shape index (κ1) is 20.9. The molecule has 0 spiro atoms. The molecule has 2 N–H and O–H groups in total. The zero-order valence-electron chi connectivity index (χ0n) is 16.9. The van der Waals surface area contributed by atoms with Crippen LogP contribution in [0.5, 0.6) is 0 Å². The topological polar surface area (TPSA) is 108 Å². The van der Waals surface area contributed by atoms with Crippen LogP contribution in [-0.2, 0) is 21.1 Å². The zero-order chi connectivity index (χ0) is 22.5. The predicted octanol–water partition coefficient (Wildman–Crippen LogP) is 2.38. The Hall–Kier alpha value is -3.01. The quantitative estimate of drug-likeness (QED) is 0.361. The number of hydrogen-bond donors (Lipinski definition) is 1. The molecule has 0 radical (unpaired) electrons. The molecule has 10 heteroatoms. The molecule has 0 saturated carbocycles. The van der Waals surface area contributed by atoms with Gasteiger partial charge in [0.05, 0.1) is 17.5 Å². The number of sulfone groups is 1. The van der Waals surface area contributed by atoms with Crippen molar-refractivity contribution in [2.75, 3.05) is 12.3 Å². The molecule has 164 valence electrons. The Bertz CT molecular complexity index is 1510. The Morgan fingerprint density at radius 2 is 2.00 bits per heavy atom. The summed E-state index contributed by atoms with van der Waals surface area (Å²) in [6, 6.07) is 12.3. The van der Waals surface area contributed by atoms with Crippen molar-refractivity contribution in [2.45, 2.75) is 35.3 Å². The fourth-order valence-electron chi connectivity index (χ4n) is 4.01. The van der Waals surface area contributed by atoms with E-state index in [1.54, 1.807) is 29.0 Å². The molecule has 0 bridgehead atoms. The Morgan fingerprint density at radius 1 is 1.22 bits per heavy atom. The first-order chi connectivity index (χ1) is 15.4. The number of anilines is 1. The third-order valence-corrected chi connectivity index (χ3v) is 7.70. The van der Waals surface area contributed by atoms with Gasteiger partial charge < -0.3 is 10.5 Å². The second kappa shape index (κ2) is 7.84. The van der Waals surface area contributed by atoms with Crippen LogP contribution in [0.1, 0.15) is 12.8 Å². The third kappa shape index (κ3) is 3.42. The molecule has 4 heterocycles. The number of halogens is 1. The summed E-state index contributed by atoms with van der Waals surface area (Å²) in [7, 11) is -4.03. The Balaban J connectivity index is 1.83. The average molecular weight is 472 g/mol. The number of aromatic nitrogens is 3. The van der Waals surface area contributed by atoms with Gasteiger partial charge in [0, 0.05) is 17.8 Å². The van der Waals surface area contributed by atoms with Crippen molar-refractivity contribution in [2.24, 2.45) is 0 Å². The summed E-state index contributed by atoms with van der Waals surface area (Å²) < 4.78 is 35.7. The largest absolute Gasteiger partial charge is 0.375 e. The summed E-state index contributed by atoms with van der Waals surface area (Å²) >= 11 is 5.92. The van der Waals surface area contributed by atoms with Crippen molar-refractivity contribution in [3.8, 4) is 0 Å². The van der Waals surface area contributed by atoms with Crippen LogP contribution in [0.3, 0.4) is 0 Å². The molecule has 1 aromatic carbocycles. The molecule has 3 aromatic heterocycles. The number of ether oxygens (including phenoxy) is 1. The summed E-state index contributed by atoms with van der Waals surface area (Å²) in [5.74, 6) is 0.00938. The summed E-state index contributed by atoms with van der Waals surface area (Å²) in [5.41, 5.74) is 6.82. The number of nitrogen functional groups attached to an aromatic ring is 1. The number of fused-ring (bicyclic) bond motifs is 2. The maximum absolute atomic E-state index is 13.5. The zero-order valence-corrected chi connectivity index (χ0v) is 18.5.